The van der Waals surface area contributed by atoms with Crippen LogP contribution < -0.4 is 16.4 Å². The highest BCUT2D eigenvalue weighted by molar-refractivity contribution is 5.84. The summed E-state index contributed by atoms with van der Waals surface area (Å²) in [5.41, 5.74) is 4.85. The maximum Gasteiger partial charge on any atom is 0.312 e. The first-order valence-corrected chi connectivity index (χ1v) is 4.82. The quantitative estimate of drug-likeness (QED) is 0.500. The van der Waals surface area contributed by atoms with Crippen molar-refractivity contribution in [3.63, 3.8) is 0 Å². The molecule has 0 atom stereocenters. The molecule has 0 aliphatic carbocycles. The molecule has 0 saturated heterocycles. The summed E-state index contributed by atoms with van der Waals surface area (Å²) in [6.45, 7) is 1.96. The van der Waals surface area contributed by atoms with Crippen LogP contribution in [0.15, 0.2) is 0 Å². The molecule has 0 aromatic heterocycles. The smallest absolute Gasteiger partial charge is 0.312 e. The number of nitrogens with two attached hydrogens (primary N) is 1. The van der Waals surface area contributed by atoms with Gasteiger partial charge in [0.2, 0.25) is 5.91 Å². The molecule has 0 aromatic rings. The number of amides is 3. The summed E-state index contributed by atoms with van der Waals surface area (Å²) < 4.78 is 0. The van der Waals surface area contributed by atoms with Crippen LogP contribution in [0.25, 0.3) is 0 Å². The van der Waals surface area contributed by atoms with Gasteiger partial charge in [-0.2, -0.15) is 0 Å². The zero-order chi connectivity index (χ0) is 11.7. The number of hydrogen-bond donors (Lipinski definition) is 3. The first-order chi connectivity index (χ1) is 7.02. The van der Waals surface area contributed by atoms with Gasteiger partial charge in [-0.05, 0) is 19.8 Å². The van der Waals surface area contributed by atoms with Crippen LogP contribution in [0.5, 0.6) is 0 Å². The Morgan fingerprint density at radius 3 is 2.33 bits per heavy atom. The third-order valence-corrected chi connectivity index (χ3v) is 1.66. The molecule has 0 unspecified atom stereocenters. The van der Waals surface area contributed by atoms with Gasteiger partial charge in [0, 0.05) is 13.0 Å². The number of nitrogens with one attached hydrogen (secondary N) is 2. The molecule has 6 nitrogen and oxygen atoms in total. The van der Waals surface area contributed by atoms with Gasteiger partial charge >= 0.3 is 6.03 Å². The Hall–Kier alpha value is -1.59. The highest BCUT2D eigenvalue weighted by Crippen LogP contribution is 1.93. The van der Waals surface area contributed by atoms with E-state index in [1.807, 2.05) is 0 Å². The van der Waals surface area contributed by atoms with Crippen molar-refractivity contribution in [1.82, 2.24) is 10.6 Å². The first kappa shape index (κ1) is 13.4. The van der Waals surface area contributed by atoms with Gasteiger partial charge in [-0.3, -0.25) is 9.59 Å². The molecular weight excluding hydrogens is 198 g/mol. The molecule has 15 heavy (non-hydrogen) atoms. The van der Waals surface area contributed by atoms with E-state index in [0.29, 0.717) is 25.8 Å². The summed E-state index contributed by atoms with van der Waals surface area (Å²) in [7, 11) is 0. The Balaban J connectivity index is 3.31. The summed E-state index contributed by atoms with van der Waals surface area (Å²) in [6.07, 6.45) is 1.70. The third-order valence-electron chi connectivity index (χ3n) is 1.66. The Labute approximate surface area is 88.6 Å². The van der Waals surface area contributed by atoms with Crippen LogP contribution >= 0.6 is 0 Å². The molecular formula is C9H17N3O3. The molecule has 0 saturated carbocycles. The van der Waals surface area contributed by atoms with Crippen molar-refractivity contribution in [3.8, 4) is 0 Å². The summed E-state index contributed by atoms with van der Waals surface area (Å²) in [4.78, 5) is 31.9. The number of ketones is 1. The van der Waals surface area contributed by atoms with Crippen molar-refractivity contribution < 1.29 is 14.4 Å². The minimum atomic E-state index is -0.559. The molecule has 4 N–H and O–H groups in total. The number of Topliss-reactive ketones (excluding diaryl/α,β-unsaturated/α-hetero) is 1. The number of rotatable bonds is 7. The third kappa shape index (κ3) is 10.3. The van der Waals surface area contributed by atoms with Crippen LogP contribution in [0, 0.1) is 0 Å². The Bertz CT molecular complexity index is 241. The molecule has 6 heteroatoms. The average Bonchev–Trinajstić information content (AvgIpc) is 2.13. The van der Waals surface area contributed by atoms with Crippen LogP contribution in [0.4, 0.5) is 4.79 Å². The van der Waals surface area contributed by atoms with Gasteiger partial charge in [-0.1, -0.05) is 0 Å². The highest BCUT2D eigenvalue weighted by atomic mass is 16.2. The summed E-state index contributed by atoms with van der Waals surface area (Å²) in [5, 5.41) is 4.90. The zero-order valence-corrected chi connectivity index (χ0v) is 8.84. The van der Waals surface area contributed by atoms with Crippen LogP contribution in [0.2, 0.25) is 0 Å². The fourth-order valence-corrected chi connectivity index (χ4v) is 0.934. The van der Waals surface area contributed by atoms with Crippen molar-refractivity contribution >= 4 is 17.7 Å². The van der Waals surface area contributed by atoms with Crippen LogP contribution in [-0.4, -0.2) is 30.8 Å². The van der Waals surface area contributed by atoms with Crippen molar-refractivity contribution in [2.75, 3.05) is 13.1 Å². The molecule has 0 heterocycles. The summed E-state index contributed by atoms with van der Waals surface area (Å²) in [6, 6.07) is -0.559. The van der Waals surface area contributed by atoms with E-state index < -0.39 is 6.03 Å². The lowest BCUT2D eigenvalue weighted by molar-refractivity contribution is -0.124. The fraction of sp³-hybridized carbons (Fsp3) is 0.667. The van der Waals surface area contributed by atoms with E-state index in [2.05, 4.69) is 10.6 Å². The van der Waals surface area contributed by atoms with Crippen molar-refractivity contribution in [3.05, 3.63) is 0 Å². The van der Waals surface area contributed by atoms with Gasteiger partial charge in [0.05, 0.1) is 6.54 Å². The molecule has 0 rings (SSSR count). The molecule has 86 valence electrons. The fourth-order valence-electron chi connectivity index (χ4n) is 0.934. The van der Waals surface area contributed by atoms with E-state index in [1.165, 1.54) is 6.92 Å². The van der Waals surface area contributed by atoms with E-state index in [0.717, 1.165) is 0 Å². The standard InChI is InChI=1S/C9H17N3O3/c1-7(13)6-12-8(14)4-2-3-5-11-9(10)15/h2-6H2,1H3,(H,12,14)(H3,10,11,15). The normalized spacial score (nSPS) is 9.40. The topological polar surface area (TPSA) is 101 Å². The van der Waals surface area contributed by atoms with Crippen LogP contribution in [0.1, 0.15) is 26.2 Å². The van der Waals surface area contributed by atoms with Gasteiger partial charge in [0.15, 0.2) is 0 Å². The second-order valence-electron chi connectivity index (χ2n) is 3.23. The average molecular weight is 215 g/mol. The van der Waals surface area contributed by atoms with E-state index >= 15 is 0 Å². The number of carbonyl (C=O) groups is 3. The molecule has 0 fully saturated rings. The van der Waals surface area contributed by atoms with Gasteiger partial charge in [-0.25, -0.2) is 4.79 Å². The number of primary amides is 1. The van der Waals surface area contributed by atoms with Crippen LogP contribution in [-0.2, 0) is 9.59 Å². The van der Waals surface area contributed by atoms with Gasteiger partial charge in [0.1, 0.15) is 5.78 Å². The number of hydrogen-bond acceptors (Lipinski definition) is 3. The predicted octanol–water partition coefficient (Wildman–Crippen LogP) is -0.470. The van der Waals surface area contributed by atoms with E-state index in [4.69, 9.17) is 5.73 Å². The molecule has 0 aromatic carbocycles. The molecule has 0 spiro atoms. The first-order valence-electron chi connectivity index (χ1n) is 4.82. The van der Waals surface area contributed by atoms with Crippen molar-refractivity contribution in [2.45, 2.75) is 26.2 Å². The van der Waals surface area contributed by atoms with E-state index in [-0.39, 0.29) is 18.2 Å². The minimum Gasteiger partial charge on any atom is -0.352 e. The maximum atomic E-state index is 11.1. The lowest BCUT2D eigenvalue weighted by Crippen LogP contribution is -2.30. The lowest BCUT2D eigenvalue weighted by atomic mass is 10.2. The summed E-state index contributed by atoms with van der Waals surface area (Å²) in [5.74, 6) is -0.219. The summed E-state index contributed by atoms with van der Waals surface area (Å²) >= 11 is 0. The highest BCUT2D eigenvalue weighted by Gasteiger charge is 2.01. The van der Waals surface area contributed by atoms with E-state index in [1.54, 1.807) is 0 Å². The van der Waals surface area contributed by atoms with Crippen molar-refractivity contribution in [1.29, 1.82) is 0 Å². The maximum absolute atomic E-state index is 11.1. The van der Waals surface area contributed by atoms with Crippen LogP contribution in [0.3, 0.4) is 0 Å². The Kier molecular flexibility index (Phi) is 6.96. The SMILES string of the molecule is CC(=O)CNC(=O)CCCCNC(N)=O. The molecule has 0 aliphatic heterocycles. The molecule has 3 amide bonds. The van der Waals surface area contributed by atoms with Gasteiger partial charge in [0.25, 0.3) is 0 Å². The lowest BCUT2D eigenvalue weighted by Gasteiger charge is -2.03. The van der Waals surface area contributed by atoms with Gasteiger partial charge < -0.3 is 16.4 Å². The monoisotopic (exact) mass is 215 g/mol. The second kappa shape index (κ2) is 7.78. The number of unbranched alkanes of at least 4 members (excludes halogenated alkanes) is 1. The molecule has 0 bridgehead atoms. The van der Waals surface area contributed by atoms with Crippen molar-refractivity contribution in [2.24, 2.45) is 5.73 Å². The molecule has 0 radical (unpaired) electrons. The largest absolute Gasteiger partial charge is 0.352 e. The molecule has 0 aliphatic rings. The Morgan fingerprint density at radius 2 is 1.80 bits per heavy atom. The Morgan fingerprint density at radius 1 is 1.13 bits per heavy atom. The minimum absolute atomic E-state index is 0.0706. The predicted molar refractivity (Wildman–Crippen MR) is 55.1 cm³/mol. The van der Waals surface area contributed by atoms with E-state index in [9.17, 15) is 14.4 Å². The number of carbonyl (C=O) groups excluding carboxylic acids is 3. The number of urea groups is 1. The second-order valence-corrected chi connectivity index (χ2v) is 3.23. The zero-order valence-electron chi connectivity index (χ0n) is 8.84. The van der Waals surface area contributed by atoms with Gasteiger partial charge in [-0.15, -0.1) is 0 Å².